The Balaban J connectivity index is 1.50. The summed E-state index contributed by atoms with van der Waals surface area (Å²) in [4.78, 5) is 28.6. The topological polar surface area (TPSA) is 116 Å². The quantitative estimate of drug-likeness (QED) is 0.278. The van der Waals surface area contributed by atoms with E-state index in [1.54, 1.807) is 30.3 Å². The van der Waals surface area contributed by atoms with Gasteiger partial charge in [0.05, 0.1) is 21.8 Å². The highest BCUT2D eigenvalue weighted by Crippen LogP contribution is 2.27. The van der Waals surface area contributed by atoms with E-state index >= 15 is 0 Å². The van der Waals surface area contributed by atoms with Crippen LogP contribution in [0.5, 0.6) is 0 Å². The van der Waals surface area contributed by atoms with E-state index < -0.39 is 6.09 Å². The number of nitrogens with zero attached hydrogens (tertiary/aromatic N) is 2. The summed E-state index contributed by atoms with van der Waals surface area (Å²) < 4.78 is 5.26. The first-order chi connectivity index (χ1) is 16.9. The van der Waals surface area contributed by atoms with Crippen LogP contribution in [0.15, 0.2) is 47.8 Å². The van der Waals surface area contributed by atoms with E-state index in [9.17, 15) is 9.59 Å². The van der Waals surface area contributed by atoms with Crippen molar-refractivity contribution >= 4 is 57.4 Å². The summed E-state index contributed by atoms with van der Waals surface area (Å²) in [5, 5.41) is 20.5. The van der Waals surface area contributed by atoms with Gasteiger partial charge in [-0.1, -0.05) is 48.3 Å². The fourth-order valence-electron chi connectivity index (χ4n) is 3.00. The van der Waals surface area contributed by atoms with Crippen molar-refractivity contribution < 1.29 is 14.3 Å². The minimum absolute atomic E-state index is 0.00923. The predicted octanol–water partition coefficient (Wildman–Crippen LogP) is 5.94. The molecule has 11 heteroatoms. The third-order valence-corrected chi connectivity index (χ3v) is 6.44. The van der Waals surface area contributed by atoms with E-state index in [0.29, 0.717) is 28.7 Å². The van der Waals surface area contributed by atoms with Crippen LogP contribution in [0, 0.1) is 17.2 Å². The highest BCUT2D eigenvalue weighted by Gasteiger charge is 2.13. The number of hydrogen-bond acceptors (Lipinski definition) is 7. The molecule has 0 fully saturated rings. The molecule has 0 saturated heterocycles. The van der Waals surface area contributed by atoms with Gasteiger partial charge in [-0.05, 0) is 36.2 Å². The van der Waals surface area contributed by atoms with E-state index in [1.165, 1.54) is 11.3 Å². The summed E-state index contributed by atoms with van der Waals surface area (Å²) in [6.45, 7) is 2.45. The number of benzene rings is 2. The largest absolute Gasteiger partial charge is 0.444 e. The van der Waals surface area contributed by atoms with E-state index in [1.807, 2.05) is 30.5 Å². The van der Waals surface area contributed by atoms with Gasteiger partial charge in [0.25, 0.3) is 0 Å². The summed E-state index contributed by atoms with van der Waals surface area (Å²) >= 11 is 13.3. The van der Waals surface area contributed by atoms with Gasteiger partial charge in [0.15, 0.2) is 5.13 Å². The van der Waals surface area contributed by atoms with Crippen molar-refractivity contribution in [3.05, 3.63) is 63.5 Å². The first-order valence-corrected chi connectivity index (χ1v) is 12.3. The van der Waals surface area contributed by atoms with Crippen LogP contribution in [-0.4, -0.2) is 30.1 Å². The molecule has 182 valence electrons. The number of ether oxygens (including phenoxy) is 1. The van der Waals surface area contributed by atoms with Gasteiger partial charge in [0.2, 0.25) is 5.91 Å². The van der Waals surface area contributed by atoms with Crippen LogP contribution in [0.4, 0.5) is 15.6 Å². The molecular formula is C24H23Cl2N5O3S. The van der Waals surface area contributed by atoms with Crippen molar-refractivity contribution in [2.75, 3.05) is 23.7 Å². The molecule has 0 aliphatic rings. The molecule has 8 nitrogen and oxygen atoms in total. The molecule has 1 atom stereocenters. The molecule has 0 spiro atoms. The molecule has 2 amide bonds. The lowest BCUT2D eigenvalue weighted by Gasteiger charge is -2.10. The van der Waals surface area contributed by atoms with Gasteiger partial charge in [-0.2, -0.15) is 5.26 Å². The lowest BCUT2D eigenvalue weighted by Crippen LogP contribution is -2.30. The lowest BCUT2D eigenvalue weighted by atomic mass is 10.1. The van der Waals surface area contributed by atoms with Crippen molar-refractivity contribution in [2.45, 2.75) is 20.0 Å². The monoisotopic (exact) mass is 531 g/mol. The van der Waals surface area contributed by atoms with Crippen molar-refractivity contribution in [3.8, 4) is 17.3 Å². The number of nitriles is 1. The van der Waals surface area contributed by atoms with Crippen LogP contribution in [0.25, 0.3) is 11.3 Å². The van der Waals surface area contributed by atoms with Gasteiger partial charge in [0, 0.05) is 29.1 Å². The van der Waals surface area contributed by atoms with Crippen LogP contribution in [0.2, 0.25) is 10.0 Å². The number of anilines is 2. The van der Waals surface area contributed by atoms with Gasteiger partial charge in [0.1, 0.15) is 13.2 Å². The Bertz CT molecular complexity index is 1230. The fourth-order valence-corrected chi connectivity index (χ4v) is 4.07. The Morgan fingerprint density at radius 1 is 1.20 bits per heavy atom. The number of amides is 2. The number of aromatic nitrogens is 1. The highest BCUT2D eigenvalue weighted by molar-refractivity contribution is 7.14. The number of carbonyl (C=O) groups is 2. The predicted molar refractivity (Wildman–Crippen MR) is 139 cm³/mol. The van der Waals surface area contributed by atoms with E-state index in [0.717, 1.165) is 22.0 Å². The summed E-state index contributed by atoms with van der Waals surface area (Å²) in [6, 6.07) is 14.2. The Labute approximate surface area is 217 Å². The van der Waals surface area contributed by atoms with Crippen molar-refractivity contribution in [1.82, 2.24) is 10.3 Å². The Kier molecular flexibility index (Phi) is 9.73. The molecule has 0 bridgehead atoms. The van der Waals surface area contributed by atoms with Gasteiger partial charge in [-0.15, -0.1) is 11.3 Å². The number of halogens is 2. The van der Waals surface area contributed by atoms with Crippen LogP contribution < -0.4 is 16.0 Å². The minimum atomic E-state index is -0.596. The maximum Gasteiger partial charge on any atom is 0.411 e. The highest BCUT2D eigenvalue weighted by atomic mass is 35.5. The Hall–Kier alpha value is -3.32. The minimum Gasteiger partial charge on any atom is -0.444 e. The molecule has 35 heavy (non-hydrogen) atoms. The second-order valence-corrected chi connectivity index (χ2v) is 9.23. The third-order valence-electron chi connectivity index (χ3n) is 4.91. The van der Waals surface area contributed by atoms with Crippen molar-refractivity contribution in [3.63, 3.8) is 0 Å². The zero-order valence-electron chi connectivity index (χ0n) is 18.8. The van der Waals surface area contributed by atoms with Gasteiger partial charge < -0.3 is 15.4 Å². The molecule has 3 N–H and O–H groups in total. The zero-order chi connectivity index (χ0) is 25.2. The van der Waals surface area contributed by atoms with E-state index in [2.05, 4.69) is 20.9 Å². The fraction of sp³-hybridized carbons (Fsp3) is 0.250. The van der Waals surface area contributed by atoms with Crippen LogP contribution in [0.3, 0.4) is 0 Å². The molecule has 1 aromatic heterocycles. The maximum atomic E-state index is 12.2. The average molecular weight is 532 g/mol. The Morgan fingerprint density at radius 3 is 2.80 bits per heavy atom. The maximum absolute atomic E-state index is 12.2. The summed E-state index contributed by atoms with van der Waals surface area (Å²) in [5.41, 5.74) is 2.88. The normalized spacial score (nSPS) is 11.3. The van der Waals surface area contributed by atoms with Gasteiger partial charge in [-0.25, -0.2) is 9.78 Å². The summed E-state index contributed by atoms with van der Waals surface area (Å²) in [6.07, 6.45) is 0.0115. The molecule has 0 saturated carbocycles. The van der Waals surface area contributed by atoms with Crippen molar-refractivity contribution in [1.29, 1.82) is 5.26 Å². The molecule has 1 heterocycles. The van der Waals surface area contributed by atoms with Gasteiger partial charge >= 0.3 is 6.09 Å². The average Bonchev–Trinajstić information content (AvgIpc) is 3.32. The van der Waals surface area contributed by atoms with Crippen LogP contribution in [-0.2, 0) is 16.1 Å². The SMILES string of the molecule is CC(CCNc1nc(-c2cccc(NC(=O)OCc3ccc(Cl)c(Cl)c3)c2)cs1)C(=O)NCC#N. The molecule has 3 rings (SSSR count). The molecule has 1 unspecified atom stereocenters. The van der Waals surface area contributed by atoms with Gasteiger partial charge in [-0.3, -0.25) is 10.1 Å². The lowest BCUT2D eigenvalue weighted by molar-refractivity contribution is -0.124. The molecule has 3 aromatic rings. The Morgan fingerprint density at radius 2 is 2.03 bits per heavy atom. The van der Waals surface area contributed by atoms with Crippen LogP contribution in [0.1, 0.15) is 18.9 Å². The zero-order valence-corrected chi connectivity index (χ0v) is 21.1. The molecule has 0 aliphatic heterocycles. The summed E-state index contributed by atoms with van der Waals surface area (Å²) in [5.74, 6) is -0.359. The number of rotatable bonds is 10. The number of hydrogen-bond donors (Lipinski definition) is 3. The molecular weight excluding hydrogens is 509 g/mol. The summed E-state index contributed by atoms with van der Waals surface area (Å²) in [7, 11) is 0. The number of thiazole rings is 1. The second-order valence-electron chi connectivity index (χ2n) is 7.56. The molecule has 0 aliphatic carbocycles. The molecule has 2 aromatic carbocycles. The second kappa shape index (κ2) is 13.0. The first kappa shape index (κ1) is 26.3. The first-order valence-electron chi connectivity index (χ1n) is 10.7. The third kappa shape index (κ3) is 8.14. The standard InChI is InChI=1S/C24H23Cl2N5O3S/c1-15(22(32)28-10-8-27)7-9-29-23-31-21(14-35-23)17-3-2-4-18(12-17)30-24(33)34-13-16-5-6-19(25)20(26)11-16/h2-6,11-12,14-15H,7,9-10,13H2,1H3,(H,28,32)(H,29,31)(H,30,33). The van der Waals surface area contributed by atoms with E-state index in [4.69, 9.17) is 33.2 Å². The number of nitrogens with one attached hydrogen (secondary N) is 3. The van der Waals surface area contributed by atoms with Crippen LogP contribution >= 0.6 is 34.5 Å². The van der Waals surface area contributed by atoms with E-state index in [-0.39, 0.29) is 25.0 Å². The number of carbonyl (C=O) groups excluding carboxylic acids is 2. The smallest absolute Gasteiger partial charge is 0.411 e. The molecule has 0 radical (unpaired) electrons. The van der Waals surface area contributed by atoms with Crippen molar-refractivity contribution in [2.24, 2.45) is 5.92 Å².